The molecule has 19 heavy (non-hydrogen) atoms. The molecule has 0 spiro atoms. The summed E-state index contributed by atoms with van der Waals surface area (Å²) in [4.78, 5) is 0. The van der Waals surface area contributed by atoms with Gasteiger partial charge in [0.15, 0.2) is 0 Å². The highest BCUT2D eigenvalue weighted by molar-refractivity contribution is 6.30. The maximum Gasteiger partial charge on any atom is 0.124 e. The van der Waals surface area contributed by atoms with Crippen molar-refractivity contribution in [3.63, 3.8) is 0 Å². The predicted octanol–water partition coefficient (Wildman–Crippen LogP) is 4.59. The van der Waals surface area contributed by atoms with Gasteiger partial charge in [-0.05, 0) is 42.8 Å². The Hall–Kier alpha value is -1.22. The van der Waals surface area contributed by atoms with E-state index in [1.54, 1.807) is 6.07 Å². The number of rotatable bonds is 4. The molecule has 0 aliphatic rings. The van der Waals surface area contributed by atoms with E-state index in [2.05, 4.69) is 0 Å². The van der Waals surface area contributed by atoms with Crippen molar-refractivity contribution in [2.45, 2.75) is 19.6 Å². The number of nitrogens with two attached hydrogens (primary N) is 1. The molecule has 2 N–H and O–H groups in total. The van der Waals surface area contributed by atoms with Gasteiger partial charge in [0, 0.05) is 21.7 Å². The summed E-state index contributed by atoms with van der Waals surface area (Å²) in [6, 6.07) is 12.9. The number of halogens is 2. The van der Waals surface area contributed by atoms with Gasteiger partial charge in [0.05, 0.1) is 0 Å². The second-order valence-electron chi connectivity index (χ2n) is 4.39. The monoisotopic (exact) mass is 295 g/mol. The van der Waals surface area contributed by atoms with Crippen molar-refractivity contribution in [3.05, 3.63) is 63.6 Å². The highest BCUT2D eigenvalue weighted by Crippen LogP contribution is 2.28. The summed E-state index contributed by atoms with van der Waals surface area (Å²) in [5.41, 5.74) is 7.83. The van der Waals surface area contributed by atoms with Gasteiger partial charge in [0.2, 0.25) is 0 Å². The summed E-state index contributed by atoms with van der Waals surface area (Å²) >= 11 is 11.9. The average molecular weight is 296 g/mol. The molecule has 0 saturated heterocycles. The van der Waals surface area contributed by atoms with E-state index in [4.69, 9.17) is 33.7 Å². The molecule has 100 valence electrons. The molecule has 0 amide bonds. The Labute approximate surface area is 123 Å². The highest BCUT2D eigenvalue weighted by Gasteiger charge is 2.09. The van der Waals surface area contributed by atoms with E-state index >= 15 is 0 Å². The molecular weight excluding hydrogens is 281 g/mol. The lowest BCUT2D eigenvalue weighted by Crippen LogP contribution is -2.08. The zero-order chi connectivity index (χ0) is 13.8. The fraction of sp³-hybridized carbons (Fsp3) is 0.200. The van der Waals surface area contributed by atoms with Crippen LogP contribution in [0.4, 0.5) is 0 Å². The number of hydrogen-bond donors (Lipinski definition) is 1. The van der Waals surface area contributed by atoms with E-state index in [1.807, 2.05) is 43.3 Å². The van der Waals surface area contributed by atoms with Gasteiger partial charge in [-0.3, -0.25) is 0 Å². The molecule has 2 nitrogen and oxygen atoms in total. The first-order chi connectivity index (χ1) is 9.06. The van der Waals surface area contributed by atoms with Crippen molar-refractivity contribution >= 4 is 23.2 Å². The number of benzene rings is 2. The Balaban J connectivity index is 2.15. The molecule has 2 aromatic carbocycles. The molecule has 2 rings (SSSR count). The van der Waals surface area contributed by atoms with Crippen LogP contribution in [-0.2, 0) is 6.61 Å². The van der Waals surface area contributed by atoms with E-state index in [0.717, 1.165) is 16.9 Å². The maximum absolute atomic E-state index is 5.97. The fourth-order valence-corrected chi connectivity index (χ4v) is 2.19. The van der Waals surface area contributed by atoms with Crippen molar-refractivity contribution in [2.75, 3.05) is 0 Å². The van der Waals surface area contributed by atoms with Crippen LogP contribution in [0.1, 0.15) is 24.1 Å². The van der Waals surface area contributed by atoms with Gasteiger partial charge in [0.25, 0.3) is 0 Å². The smallest absolute Gasteiger partial charge is 0.124 e. The quantitative estimate of drug-likeness (QED) is 0.895. The summed E-state index contributed by atoms with van der Waals surface area (Å²) in [5, 5.41) is 1.35. The van der Waals surface area contributed by atoms with Crippen molar-refractivity contribution in [1.82, 2.24) is 0 Å². The molecule has 0 aliphatic heterocycles. The minimum atomic E-state index is -0.131. The van der Waals surface area contributed by atoms with Crippen LogP contribution >= 0.6 is 23.2 Å². The Morgan fingerprint density at radius 2 is 1.84 bits per heavy atom. The van der Waals surface area contributed by atoms with Crippen molar-refractivity contribution in [1.29, 1.82) is 0 Å². The van der Waals surface area contributed by atoms with Crippen molar-refractivity contribution in [2.24, 2.45) is 5.73 Å². The minimum Gasteiger partial charge on any atom is -0.489 e. The molecule has 0 bridgehead atoms. The van der Waals surface area contributed by atoms with Crippen molar-refractivity contribution < 1.29 is 4.74 Å². The normalized spacial score (nSPS) is 12.2. The van der Waals surface area contributed by atoms with E-state index < -0.39 is 0 Å². The van der Waals surface area contributed by atoms with Gasteiger partial charge in [-0.2, -0.15) is 0 Å². The molecule has 0 saturated carbocycles. The Kier molecular flexibility index (Phi) is 4.70. The Morgan fingerprint density at radius 1 is 1.11 bits per heavy atom. The van der Waals surface area contributed by atoms with Gasteiger partial charge < -0.3 is 10.5 Å². The van der Waals surface area contributed by atoms with E-state index in [1.165, 1.54) is 0 Å². The number of ether oxygens (including phenoxy) is 1. The number of hydrogen-bond acceptors (Lipinski definition) is 2. The summed E-state index contributed by atoms with van der Waals surface area (Å²) in [5.74, 6) is 0.749. The topological polar surface area (TPSA) is 35.2 Å². The summed E-state index contributed by atoms with van der Waals surface area (Å²) in [6.07, 6.45) is 0. The van der Waals surface area contributed by atoms with Gasteiger partial charge in [-0.15, -0.1) is 0 Å². The third-order valence-corrected chi connectivity index (χ3v) is 3.22. The first-order valence-corrected chi connectivity index (χ1v) is 6.74. The van der Waals surface area contributed by atoms with Crippen LogP contribution in [0.15, 0.2) is 42.5 Å². The van der Waals surface area contributed by atoms with E-state index in [-0.39, 0.29) is 6.04 Å². The second kappa shape index (κ2) is 6.29. The Bertz CT molecular complexity index is 570. The fourth-order valence-electron chi connectivity index (χ4n) is 1.79. The van der Waals surface area contributed by atoms with E-state index in [9.17, 15) is 0 Å². The molecule has 0 fully saturated rings. The molecule has 0 aliphatic carbocycles. The zero-order valence-electron chi connectivity index (χ0n) is 10.6. The third-order valence-electron chi connectivity index (χ3n) is 2.75. The molecular formula is C15H15Cl2NO. The first kappa shape index (κ1) is 14.2. The summed E-state index contributed by atoms with van der Waals surface area (Å²) in [7, 11) is 0. The second-order valence-corrected chi connectivity index (χ2v) is 5.26. The minimum absolute atomic E-state index is 0.131. The molecule has 2 aromatic rings. The molecule has 1 unspecified atom stereocenters. The predicted molar refractivity (Wildman–Crippen MR) is 79.8 cm³/mol. The largest absolute Gasteiger partial charge is 0.489 e. The lowest BCUT2D eigenvalue weighted by atomic mass is 10.1. The molecule has 1 atom stereocenters. The van der Waals surface area contributed by atoms with Gasteiger partial charge in [-0.25, -0.2) is 0 Å². The standard InChI is InChI=1S/C15H15Cl2NO/c1-10(18)14-8-13(17)5-6-15(14)19-9-11-3-2-4-12(16)7-11/h2-8,10H,9,18H2,1H3. The maximum atomic E-state index is 5.97. The SMILES string of the molecule is CC(N)c1cc(Cl)ccc1OCc1cccc(Cl)c1. The molecule has 0 heterocycles. The zero-order valence-corrected chi connectivity index (χ0v) is 12.1. The van der Waals surface area contributed by atoms with Crippen LogP contribution in [0, 0.1) is 0 Å². The van der Waals surface area contributed by atoms with Crippen LogP contribution < -0.4 is 10.5 Å². The first-order valence-electron chi connectivity index (χ1n) is 5.98. The highest BCUT2D eigenvalue weighted by atomic mass is 35.5. The van der Waals surface area contributed by atoms with Crippen LogP contribution in [0.25, 0.3) is 0 Å². The Morgan fingerprint density at radius 3 is 2.53 bits per heavy atom. The third kappa shape index (κ3) is 3.87. The van der Waals surface area contributed by atoms with Gasteiger partial charge >= 0.3 is 0 Å². The lowest BCUT2D eigenvalue weighted by molar-refractivity contribution is 0.301. The van der Waals surface area contributed by atoms with E-state index in [0.29, 0.717) is 16.7 Å². The van der Waals surface area contributed by atoms with Crippen molar-refractivity contribution in [3.8, 4) is 5.75 Å². The summed E-state index contributed by atoms with van der Waals surface area (Å²) < 4.78 is 5.80. The molecule has 0 radical (unpaired) electrons. The molecule has 4 heteroatoms. The average Bonchev–Trinajstić information content (AvgIpc) is 2.37. The van der Waals surface area contributed by atoms with Crippen LogP contribution in [0.5, 0.6) is 5.75 Å². The molecule has 0 aromatic heterocycles. The van der Waals surface area contributed by atoms with Crippen LogP contribution in [0.3, 0.4) is 0 Å². The van der Waals surface area contributed by atoms with Gasteiger partial charge in [0.1, 0.15) is 12.4 Å². The van der Waals surface area contributed by atoms with Gasteiger partial charge in [-0.1, -0.05) is 35.3 Å². The summed E-state index contributed by atoms with van der Waals surface area (Å²) in [6.45, 7) is 2.35. The van der Waals surface area contributed by atoms with Crippen LogP contribution in [0.2, 0.25) is 10.0 Å². The lowest BCUT2D eigenvalue weighted by Gasteiger charge is -2.14. The van der Waals surface area contributed by atoms with Crippen LogP contribution in [-0.4, -0.2) is 0 Å².